The van der Waals surface area contributed by atoms with Crippen molar-refractivity contribution in [2.45, 2.75) is 38.7 Å². The summed E-state index contributed by atoms with van der Waals surface area (Å²) in [4.78, 5) is 0. The molecule has 0 heterocycles. The Morgan fingerprint density at radius 2 is 1.88 bits per heavy atom. The summed E-state index contributed by atoms with van der Waals surface area (Å²) in [6.07, 6.45) is 4.21. The standard InChI is InChI=1S/C13H26O4/c1-11-12(4-3-5-13(11)14)6-7-16-10-17-9-8-15-2/h11-14H,3-10H2,1-2H3/t11?,12-,13?/m0/s1. The molecule has 0 saturated heterocycles. The van der Waals surface area contributed by atoms with Crippen molar-refractivity contribution >= 4 is 0 Å². The highest BCUT2D eigenvalue weighted by molar-refractivity contribution is 4.78. The molecule has 2 unspecified atom stereocenters. The molecule has 3 atom stereocenters. The Morgan fingerprint density at radius 1 is 1.12 bits per heavy atom. The minimum Gasteiger partial charge on any atom is -0.393 e. The first-order valence-corrected chi connectivity index (χ1v) is 6.58. The molecule has 1 saturated carbocycles. The summed E-state index contributed by atoms with van der Waals surface area (Å²) >= 11 is 0. The minimum atomic E-state index is -0.119. The number of aliphatic hydroxyl groups is 1. The second-order valence-corrected chi connectivity index (χ2v) is 4.83. The van der Waals surface area contributed by atoms with Crippen LogP contribution in [0.15, 0.2) is 0 Å². The van der Waals surface area contributed by atoms with Gasteiger partial charge in [-0.3, -0.25) is 0 Å². The Morgan fingerprint density at radius 3 is 2.65 bits per heavy atom. The quantitative estimate of drug-likeness (QED) is 0.524. The van der Waals surface area contributed by atoms with Crippen molar-refractivity contribution in [2.24, 2.45) is 11.8 Å². The van der Waals surface area contributed by atoms with E-state index in [-0.39, 0.29) is 6.10 Å². The van der Waals surface area contributed by atoms with Gasteiger partial charge in [0.2, 0.25) is 0 Å². The van der Waals surface area contributed by atoms with Crippen molar-refractivity contribution < 1.29 is 19.3 Å². The van der Waals surface area contributed by atoms with Gasteiger partial charge in [-0.15, -0.1) is 0 Å². The second-order valence-electron chi connectivity index (χ2n) is 4.83. The molecule has 1 aliphatic rings. The molecule has 0 aromatic rings. The maximum atomic E-state index is 9.77. The average Bonchev–Trinajstić information content (AvgIpc) is 2.33. The molecule has 0 spiro atoms. The van der Waals surface area contributed by atoms with Gasteiger partial charge in [-0.1, -0.05) is 13.3 Å². The molecule has 0 aromatic carbocycles. The molecular formula is C13H26O4. The SMILES string of the molecule is COCCOCOCC[C@@H]1CCCC(O)C1C. The number of hydrogen-bond acceptors (Lipinski definition) is 4. The first-order valence-electron chi connectivity index (χ1n) is 6.58. The summed E-state index contributed by atoms with van der Waals surface area (Å²) in [5.74, 6) is 1.000. The van der Waals surface area contributed by atoms with Gasteiger partial charge in [-0.25, -0.2) is 0 Å². The Labute approximate surface area is 104 Å². The van der Waals surface area contributed by atoms with Gasteiger partial charge in [0, 0.05) is 13.7 Å². The molecule has 0 aromatic heterocycles. The average molecular weight is 246 g/mol. The summed E-state index contributed by atoms with van der Waals surface area (Å²) < 4.78 is 15.5. The van der Waals surface area contributed by atoms with E-state index in [1.165, 1.54) is 6.42 Å². The molecule has 1 rings (SSSR count). The van der Waals surface area contributed by atoms with Crippen molar-refractivity contribution in [1.82, 2.24) is 0 Å². The van der Waals surface area contributed by atoms with E-state index in [9.17, 15) is 5.11 Å². The molecule has 1 aliphatic carbocycles. The summed E-state index contributed by atoms with van der Waals surface area (Å²) in [7, 11) is 1.65. The lowest BCUT2D eigenvalue weighted by Crippen LogP contribution is -2.30. The molecule has 1 fully saturated rings. The lowest BCUT2D eigenvalue weighted by atomic mass is 9.77. The van der Waals surface area contributed by atoms with E-state index in [2.05, 4.69) is 6.92 Å². The molecule has 0 bridgehead atoms. The van der Waals surface area contributed by atoms with E-state index in [1.807, 2.05) is 0 Å². The number of ether oxygens (including phenoxy) is 3. The van der Waals surface area contributed by atoms with Crippen LogP contribution in [-0.4, -0.2) is 44.9 Å². The Bertz CT molecular complexity index is 186. The largest absolute Gasteiger partial charge is 0.393 e. The zero-order valence-electron chi connectivity index (χ0n) is 11.1. The molecule has 0 aliphatic heterocycles. The third-order valence-corrected chi connectivity index (χ3v) is 3.66. The molecular weight excluding hydrogens is 220 g/mol. The number of aliphatic hydroxyl groups excluding tert-OH is 1. The summed E-state index contributed by atoms with van der Waals surface area (Å²) in [5.41, 5.74) is 0. The zero-order chi connectivity index (χ0) is 12.5. The van der Waals surface area contributed by atoms with Gasteiger partial charge >= 0.3 is 0 Å². The van der Waals surface area contributed by atoms with Crippen LogP contribution >= 0.6 is 0 Å². The Hall–Kier alpha value is -0.160. The summed E-state index contributed by atoms with van der Waals surface area (Å²) in [6.45, 7) is 4.38. The van der Waals surface area contributed by atoms with Gasteiger partial charge in [0.15, 0.2) is 0 Å². The van der Waals surface area contributed by atoms with Crippen molar-refractivity contribution in [1.29, 1.82) is 0 Å². The summed E-state index contributed by atoms with van der Waals surface area (Å²) in [6, 6.07) is 0. The highest BCUT2D eigenvalue weighted by Gasteiger charge is 2.27. The van der Waals surface area contributed by atoms with Crippen LogP contribution in [0.25, 0.3) is 0 Å². The fourth-order valence-electron chi connectivity index (χ4n) is 2.39. The van der Waals surface area contributed by atoms with Gasteiger partial charge in [0.25, 0.3) is 0 Å². The van der Waals surface area contributed by atoms with E-state index in [1.54, 1.807) is 7.11 Å². The third kappa shape index (κ3) is 5.82. The van der Waals surface area contributed by atoms with Gasteiger partial charge < -0.3 is 19.3 Å². The number of methoxy groups -OCH3 is 1. The number of hydrogen-bond donors (Lipinski definition) is 1. The van der Waals surface area contributed by atoms with Gasteiger partial charge in [-0.2, -0.15) is 0 Å². The Balaban J connectivity index is 1.98. The second kappa shape index (κ2) is 8.86. The van der Waals surface area contributed by atoms with Crippen LogP contribution in [0.5, 0.6) is 0 Å². The molecule has 17 heavy (non-hydrogen) atoms. The fourth-order valence-corrected chi connectivity index (χ4v) is 2.39. The first-order chi connectivity index (χ1) is 8.25. The van der Waals surface area contributed by atoms with E-state index in [4.69, 9.17) is 14.2 Å². The molecule has 0 amide bonds. The maximum absolute atomic E-state index is 9.77. The van der Waals surface area contributed by atoms with Crippen molar-refractivity contribution in [3.8, 4) is 0 Å². The third-order valence-electron chi connectivity index (χ3n) is 3.66. The first kappa shape index (κ1) is 14.9. The number of rotatable bonds is 8. The van der Waals surface area contributed by atoms with Crippen LogP contribution in [0.1, 0.15) is 32.6 Å². The molecule has 0 radical (unpaired) electrons. The van der Waals surface area contributed by atoms with Gasteiger partial charge in [0.05, 0.1) is 19.3 Å². The highest BCUT2D eigenvalue weighted by atomic mass is 16.7. The van der Waals surface area contributed by atoms with Crippen LogP contribution in [0, 0.1) is 11.8 Å². The Kier molecular flexibility index (Phi) is 7.77. The van der Waals surface area contributed by atoms with E-state index >= 15 is 0 Å². The topological polar surface area (TPSA) is 47.9 Å². The maximum Gasteiger partial charge on any atom is 0.146 e. The highest BCUT2D eigenvalue weighted by Crippen LogP contribution is 2.32. The monoisotopic (exact) mass is 246 g/mol. The van der Waals surface area contributed by atoms with E-state index in [0.29, 0.717) is 38.4 Å². The van der Waals surface area contributed by atoms with Crippen LogP contribution in [0.3, 0.4) is 0 Å². The van der Waals surface area contributed by atoms with Crippen LogP contribution in [0.2, 0.25) is 0 Å². The van der Waals surface area contributed by atoms with Crippen molar-refractivity contribution in [3.63, 3.8) is 0 Å². The van der Waals surface area contributed by atoms with E-state index in [0.717, 1.165) is 19.3 Å². The van der Waals surface area contributed by atoms with Gasteiger partial charge in [-0.05, 0) is 31.1 Å². The smallest absolute Gasteiger partial charge is 0.146 e. The molecule has 4 heteroatoms. The fraction of sp³-hybridized carbons (Fsp3) is 1.00. The lowest BCUT2D eigenvalue weighted by molar-refractivity contribution is -0.0726. The molecule has 4 nitrogen and oxygen atoms in total. The van der Waals surface area contributed by atoms with Crippen LogP contribution in [-0.2, 0) is 14.2 Å². The normalized spacial score (nSPS) is 29.5. The van der Waals surface area contributed by atoms with Crippen LogP contribution in [0.4, 0.5) is 0 Å². The molecule has 1 N–H and O–H groups in total. The van der Waals surface area contributed by atoms with Gasteiger partial charge in [0.1, 0.15) is 6.79 Å². The predicted octanol–water partition coefficient (Wildman–Crippen LogP) is 1.81. The van der Waals surface area contributed by atoms with E-state index < -0.39 is 0 Å². The molecule has 102 valence electrons. The van der Waals surface area contributed by atoms with Crippen LogP contribution < -0.4 is 0 Å². The lowest BCUT2D eigenvalue weighted by Gasteiger charge is -2.32. The summed E-state index contributed by atoms with van der Waals surface area (Å²) in [5, 5.41) is 9.77. The van der Waals surface area contributed by atoms with Crippen molar-refractivity contribution in [3.05, 3.63) is 0 Å². The van der Waals surface area contributed by atoms with Crippen molar-refractivity contribution in [2.75, 3.05) is 33.7 Å². The zero-order valence-corrected chi connectivity index (χ0v) is 11.1. The predicted molar refractivity (Wildman–Crippen MR) is 65.8 cm³/mol. The minimum absolute atomic E-state index is 0.119.